The van der Waals surface area contributed by atoms with Gasteiger partial charge in [0.25, 0.3) is 5.91 Å². The van der Waals surface area contributed by atoms with Gasteiger partial charge in [0.15, 0.2) is 0 Å². The van der Waals surface area contributed by atoms with E-state index in [1.165, 1.54) is 42.9 Å². The third-order valence-corrected chi connectivity index (χ3v) is 5.99. The Kier molecular flexibility index (Phi) is 6.62. The van der Waals surface area contributed by atoms with Crippen molar-refractivity contribution in [2.45, 2.75) is 0 Å². The molecule has 0 saturated heterocycles. The minimum atomic E-state index is -0.694. The third-order valence-electron chi connectivity index (χ3n) is 4.89. The summed E-state index contributed by atoms with van der Waals surface area (Å²) in [5.74, 6) is -1.69. The van der Waals surface area contributed by atoms with E-state index in [0.29, 0.717) is 16.8 Å². The summed E-state index contributed by atoms with van der Waals surface area (Å²) >= 11 is 1.20. The number of benzene rings is 2. The molecule has 9 heteroatoms. The van der Waals surface area contributed by atoms with Gasteiger partial charge in [-0.25, -0.2) is 9.18 Å². The summed E-state index contributed by atoms with van der Waals surface area (Å²) < 4.78 is 18.1. The van der Waals surface area contributed by atoms with Crippen LogP contribution in [0.4, 0.5) is 9.39 Å². The molecule has 34 heavy (non-hydrogen) atoms. The summed E-state index contributed by atoms with van der Waals surface area (Å²) in [6, 6.07) is 18.6. The van der Waals surface area contributed by atoms with Gasteiger partial charge in [-0.05, 0) is 42.0 Å². The van der Waals surface area contributed by atoms with Crippen molar-refractivity contribution in [3.63, 3.8) is 0 Å². The fourth-order valence-electron chi connectivity index (χ4n) is 3.22. The van der Waals surface area contributed by atoms with E-state index in [-0.39, 0.29) is 22.0 Å². The molecule has 0 radical (unpaired) electrons. The van der Waals surface area contributed by atoms with E-state index in [1.807, 2.05) is 36.4 Å². The molecule has 0 unspecified atom stereocenters. The SMILES string of the molecule is COC(=O)c1cc(-c2ccccc2)sc1NC(=O)C(C#N)=Cc1cn[nH]c1-c1ccc(F)cc1. The van der Waals surface area contributed by atoms with E-state index >= 15 is 0 Å². The largest absolute Gasteiger partial charge is 0.465 e. The topological polar surface area (TPSA) is 108 Å². The third kappa shape index (κ3) is 4.77. The van der Waals surface area contributed by atoms with E-state index in [1.54, 1.807) is 18.2 Å². The lowest BCUT2D eigenvalue weighted by Gasteiger charge is -2.05. The van der Waals surface area contributed by atoms with Gasteiger partial charge in [-0.15, -0.1) is 11.3 Å². The maximum atomic E-state index is 13.3. The first kappa shape index (κ1) is 22.6. The van der Waals surface area contributed by atoms with Gasteiger partial charge in [0.05, 0.1) is 24.6 Å². The van der Waals surface area contributed by atoms with Gasteiger partial charge >= 0.3 is 5.97 Å². The van der Waals surface area contributed by atoms with Crippen LogP contribution in [0.25, 0.3) is 27.8 Å². The van der Waals surface area contributed by atoms with E-state index in [9.17, 15) is 19.2 Å². The molecule has 0 bridgehead atoms. The zero-order chi connectivity index (χ0) is 24.1. The summed E-state index contributed by atoms with van der Waals surface area (Å²) in [5.41, 5.74) is 2.50. The molecule has 1 amide bonds. The second-order valence-corrected chi connectivity index (χ2v) is 8.09. The first-order chi connectivity index (χ1) is 16.5. The van der Waals surface area contributed by atoms with Gasteiger partial charge < -0.3 is 10.1 Å². The molecule has 2 N–H and O–H groups in total. The van der Waals surface area contributed by atoms with Gasteiger partial charge in [-0.1, -0.05) is 30.3 Å². The molecule has 0 atom stereocenters. The zero-order valence-electron chi connectivity index (χ0n) is 17.8. The zero-order valence-corrected chi connectivity index (χ0v) is 18.7. The summed E-state index contributed by atoms with van der Waals surface area (Å²) in [6.45, 7) is 0. The number of hydrogen-bond acceptors (Lipinski definition) is 6. The van der Waals surface area contributed by atoms with Gasteiger partial charge in [0, 0.05) is 16.0 Å². The number of anilines is 1. The van der Waals surface area contributed by atoms with Crippen molar-refractivity contribution in [1.29, 1.82) is 5.26 Å². The molecule has 2 aromatic heterocycles. The van der Waals surface area contributed by atoms with Crippen molar-refractivity contribution in [3.8, 4) is 27.8 Å². The van der Waals surface area contributed by atoms with E-state index in [4.69, 9.17) is 4.74 Å². The van der Waals surface area contributed by atoms with Crippen LogP contribution < -0.4 is 5.32 Å². The fraction of sp³-hybridized carbons (Fsp3) is 0.0400. The second-order valence-electron chi connectivity index (χ2n) is 7.04. The first-order valence-corrected chi connectivity index (χ1v) is 10.8. The number of halogens is 1. The molecule has 0 aliphatic carbocycles. The number of nitrogens with one attached hydrogen (secondary N) is 2. The lowest BCUT2D eigenvalue weighted by atomic mass is 10.1. The summed E-state index contributed by atoms with van der Waals surface area (Å²) in [4.78, 5) is 26.0. The molecule has 7 nitrogen and oxygen atoms in total. The molecule has 0 spiro atoms. The molecule has 0 fully saturated rings. The number of carbonyl (C=O) groups excluding carboxylic acids is 2. The number of carbonyl (C=O) groups is 2. The number of aromatic amines is 1. The molecule has 0 saturated carbocycles. The number of nitrogens with zero attached hydrogens (tertiary/aromatic N) is 2. The fourth-order valence-corrected chi connectivity index (χ4v) is 4.26. The molecule has 0 aliphatic heterocycles. The van der Waals surface area contributed by atoms with Crippen LogP contribution in [0.1, 0.15) is 15.9 Å². The van der Waals surface area contributed by atoms with Gasteiger partial charge in [-0.3, -0.25) is 9.89 Å². The predicted octanol–water partition coefficient (Wildman–Crippen LogP) is 5.28. The number of hydrogen-bond donors (Lipinski definition) is 2. The molecular formula is C25H17FN4O3S. The Labute approximate surface area is 198 Å². The Morgan fingerprint density at radius 1 is 1.15 bits per heavy atom. The number of amides is 1. The quantitative estimate of drug-likeness (QED) is 0.226. The number of aromatic nitrogens is 2. The van der Waals surface area contributed by atoms with Crippen LogP contribution in [0.15, 0.2) is 72.4 Å². The Hall–Kier alpha value is -4.55. The molecule has 4 rings (SSSR count). The molecule has 2 aromatic carbocycles. The van der Waals surface area contributed by atoms with Crippen LogP contribution >= 0.6 is 11.3 Å². The van der Waals surface area contributed by atoms with Crippen LogP contribution in [0, 0.1) is 17.1 Å². The number of H-pyrrole nitrogens is 1. The van der Waals surface area contributed by atoms with Gasteiger partial charge in [0.1, 0.15) is 22.5 Å². The number of thiophene rings is 1. The van der Waals surface area contributed by atoms with E-state index in [0.717, 1.165) is 10.4 Å². The van der Waals surface area contributed by atoms with Crippen LogP contribution in [0.3, 0.4) is 0 Å². The summed E-state index contributed by atoms with van der Waals surface area (Å²) in [6.07, 6.45) is 2.84. The predicted molar refractivity (Wildman–Crippen MR) is 127 cm³/mol. The highest BCUT2D eigenvalue weighted by atomic mass is 32.1. The highest BCUT2D eigenvalue weighted by molar-refractivity contribution is 7.20. The Bertz CT molecular complexity index is 1420. The number of rotatable bonds is 6. The van der Waals surface area contributed by atoms with Crippen molar-refractivity contribution < 1.29 is 18.7 Å². The number of methoxy groups -OCH3 is 1. The van der Waals surface area contributed by atoms with Crippen molar-refractivity contribution in [2.24, 2.45) is 0 Å². The molecule has 0 aliphatic rings. The van der Waals surface area contributed by atoms with Crippen LogP contribution in [-0.4, -0.2) is 29.2 Å². The van der Waals surface area contributed by atoms with Crippen molar-refractivity contribution in [3.05, 3.63) is 89.4 Å². The molecule has 2 heterocycles. The van der Waals surface area contributed by atoms with E-state index in [2.05, 4.69) is 15.5 Å². The Morgan fingerprint density at radius 2 is 1.88 bits per heavy atom. The van der Waals surface area contributed by atoms with Gasteiger partial charge in [0.2, 0.25) is 0 Å². The average molecular weight is 473 g/mol. The van der Waals surface area contributed by atoms with Crippen LogP contribution in [-0.2, 0) is 9.53 Å². The average Bonchev–Trinajstić information content (AvgIpc) is 3.50. The minimum absolute atomic E-state index is 0.187. The van der Waals surface area contributed by atoms with Crippen LogP contribution in [0.5, 0.6) is 0 Å². The number of esters is 1. The number of ether oxygens (including phenoxy) is 1. The molecule has 4 aromatic rings. The van der Waals surface area contributed by atoms with E-state index < -0.39 is 11.9 Å². The molecule has 168 valence electrons. The van der Waals surface area contributed by atoms with Crippen molar-refractivity contribution in [2.75, 3.05) is 12.4 Å². The van der Waals surface area contributed by atoms with Gasteiger partial charge in [-0.2, -0.15) is 10.4 Å². The summed E-state index contributed by atoms with van der Waals surface area (Å²) in [7, 11) is 1.25. The molecular weight excluding hydrogens is 455 g/mol. The van der Waals surface area contributed by atoms with Crippen molar-refractivity contribution >= 4 is 34.3 Å². The smallest absolute Gasteiger partial charge is 0.340 e. The highest BCUT2D eigenvalue weighted by Crippen LogP contribution is 2.36. The lowest BCUT2D eigenvalue weighted by molar-refractivity contribution is -0.112. The van der Waals surface area contributed by atoms with Crippen LogP contribution in [0.2, 0.25) is 0 Å². The van der Waals surface area contributed by atoms with Crippen molar-refractivity contribution in [1.82, 2.24) is 10.2 Å². The maximum absolute atomic E-state index is 13.3. The Balaban J connectivity index is 1.65. The maximum Gasteiger partial charge on any atom is 0.340 e. The standard InChI is InChI=1S/C25H17FN4O3S/c1-33-25(32)20-12-21(15-5-3-2-4-6-15)34-24(20)29-23(31)17(13-27)11-18-14-28-30-22(18)16-7-9-19(26)10-8-16/h2-12,14H,1H3,(H,28,30)(H,29,31). The minimum Gasteiger partial charge on any atom is -0.465 e. The number of nitriles is 1. The lowest BCUT2D eigenvalue weighted by Crippen LogP contribution is -2.15. The summed E-state index contributed by atoms with van der Waals surface area (Å²) in [5, 5.41) is 19.3. The Morgan fingerprint density at radius 3 is 2.56 bits per heavy atom. The second kappa shape index (κ2) is 9.94. The highest BCUT2D eigenvalue weighted by Gasteiger charge is 2.21. The first-order valence-electron chi connectivity index (χ1n) is 10.00. The monoisotopic (exact) mass is 472 g/mol. The normalized spacial score (nSPS) is 11.0.